The first kappa shape index (κ1) is 22.6. The van der Waals surface area contributed by atoms with E-state index in [1.165, 1.54) is 22.9 Å². The summed E-state index contributed by atoms with van der Waals surface area (Å²) < 4.78 is 0. The van der Waals surface area contributed by atoms with Crippen LogP contribution < -0.4 is 10.6 Å². The number of allylic oxidation sites excluding steroid dienone is 1. The Morgan fingerprint density at radius 3 is 2.40 bits per heavy atom. The van der Waals surface area contributed by atoms with E-state index in [2.05, 4.69) is 47.9 Å². The zero-order chi connectivity index (χ0) is 21.7. The van der Waals surface area contributed by atoms with Gasteiger partial charge in [0.1, 0.15) is 5.54 Å². The quantitative estimate of drug-likeness (QED) is 0.666. The number of amides is 2. The summed E-state index contributed by atoms with van der Waals surface area (Å²) in [6.07, 6.45) is 6.22. The molecule has 6 heteroatoms. The first-order valence-corrected chi connectivity index (χ1v) is 11.6. The van der Waals surface area contributed by atoms with Gasteiger partial charge in [0, 0.05) is 18.8 Å². The topological polar surface area (TPSA) is 61.4 Å². The molecule has 1 saturated carbocycles. The minimum absolute atomic E-state index is 0.130. The van der Waals surface area contributed by atoms with Crippen LogP contribution in [0.3, 0.4) is 0 Å². The van der Waals surface area contributed by atoms with Crippen molar-refractivity contribution in [1.82, 2.24) is 10.2 Å². The summed E-state index contributed by atoms with van der Waals surface area (Å²) in [6.45, 7) is 11.6. The fourth-order valence-electron chi connectivity index (χ4n) is 4.27. The third-order valence-electron chi connectivity index (χ3n) is 6.04. The van der Waals surface area contributed by atoms with Crippen LogP contribution in [0.25, 0.3) is 0 Å². The number of nitrogens with one attached hydrogen (secondary N) is 2. The highest BCUT2D eigenvalue weighted by atomic mass is 32.2. The van der Waals surface area contributed by atoms with E-state index in [4.69, 9.17) is 0 Å². The normalized spacial score (nSPS) is 18.6. The van der Waals surface area contributed by atoms with Crippen molar-refractivity contribution >= 4 is 29.3 Å². The second kappa shape index (κ2) is 9.84. The summed E-state index contributed by atoms with van der Waals surface area (Å²) in [5.41, 5.74) is 2.56. The number of thioether (sulfide) groups is 1. The second-order valence-corrected chi connectivity index (χ2v) is 9.96. The van der Waals surface area contributed by atoms with E-state index in [0.717, 1.165) is 55.8 Å². The Hall–Kier alpha value is -2.05. The van der Waals surface area contributed by atoms with Crippen molar-refractivity contribution in [3.05, 3.63) is 52.3 Å². The Morgan fingerprint density at radius 1 is 1.07 bits per heavy atom. The molecule has 30 heavy (non-hydrogen) atoms. The number of nitrogens with zero attached hydrogens (tertiary/aromatic N) is 1. The van der Waals surface area contributed by atoms with Gasteiger partial charge in [-0.3, -0.25) is 9.59 Å². The molecule has 0 bridgehead atoms. The van der Waals surface area contributed by atoms with Gasteiger partial charge in [-0.1, -0.05) is 50.2 Å². The lowest BCUT2D eigenvalue weighted by atomic mass is 9.80. The molecule has 0 unspecified atom stereocenters. The minimum Gasteiger partial charge on any atom is -0.337 e. The number of fused-ring (bicyclic) bond motifs is 1. The van der Waals surface area contributed by atoms with Crippen molar-refractivity contribution in [2.45, 2.75) is 57.4 Å². The average Bonchev–Trinajstić information content (AvgIpc) is 2.89. The molecule has 0 radical (unpaired) electrons. The third-order valence-corrected chi connectivity index (χ3v) is 6.82. The van der Waals surface area contributed by atoms with E-state index in [0.29, 0.717) is 17.7 Å². The van der Waals surface area contributed by atoms with Gasteiger partial charge in [0.05, 0.1) is 4.91 Å². The van der Waals surface area contributed by atoms with Crippen LogP contribution in [-0.2, 0) is 22.4 Å². The number of rotatable bonds is 6. The number of hydrogen-bond donors (Lipinski definition) is 2. The lowest BCUT2D eigenvalue weighted by molar-refractivity contribution is -0.129. The molecule has 162 valence electrons. The Bertz CT molecular complexity index is 843. The Balaban J connectivity index is 1.75. The standard InChI is InChI=1S/C24H33N3O2S/c1-17(2)30-18(3)22(28)26-24(12-6-5-7-13-24)23(29)25-21-9-8-19-10-14-27(4)15-11-20(19)16-21/h8-9,16H,1,3,5-7,10-15H2,2,4H3,(H,25,29)(H,26,28). The highest BCUT2D eigenvalue weighted by Gasteiger charge is 2.41. The highest BCUT2D eigenvalue weighted by Crippen LogP contribution is 2.32. The molecule has 0 aromatic heterocycles. The summed E-state index contributed by atoms with van der Waals surface area (Å²) in [5.74, 6) is -0.417. The fourth-order valence-corrected chi connectivity index (χ4v) is 4.84. The van der Waals surface area contributed by atoms with E-state index in [9.17, 15) is 9.59 Å². The van der Waals surface area contributed by atoms with Crippen LogP contribution in [0.5, 0.6) is 0 Å². The second-order valence-electron chi connectivity index (χ2n) is 8.57. The molecule has 0 atom stereocenters. The maximum Gasteiger partial charge on any atom is 0.258 e. The molecular formula is C24H33N3O2S. The van der Waals surface area contributed by atoms with Gasteiger partial charge in [-0.05, 0) is 67.8 Å². The zero-order valence-corrected chi connectivity index (χ0v) is 19.0. The van der Waals surface area contributed by atoms with E-state index < -0.39 is 5.54 Å². The Kier molecular flexibility index (Phi) is 7.42. The van der Waals surface area contributed by atoms with E-state index >= 15 is 0 Å². The molecule has 1 aliphatic carbocycles. The molecule has 2 amide bonds. The number of carbonyl (C=O) groups is 2. The van der Waals surface area contributed by atoms with Gasteiger partial charge in [0.25, 0.3) is 5.91 Å². The van der Waals surface area contributed by atoms with E-state index in [-0.39, 0.29) is 11.8 Å². The highest BCUT2D eigenvalue weighted by molar-refractivity contribution is 8.07. The molecule has 1 aromatic rings. The van der Waals surface area contributed by atoms with E-state index in [1.54, 1.807) is 0 Å². The number of hydrogen-bond acceptors (Lipinski definition) is 4. The monoisotopic (exact) mass is 427 g/mol. The molecule has 1 heterocycles. The van der Waals surface area contributed by atoms with Gasteiger partial charge in [0.2, 0.25) is 5.91 Å². The van der Waals surface area contributed by atoms with Gasteiger partial charge in [0.15, 0.2) is 0 Å². The average molecular weight is 428 g/mol. The van der Waals surface area contributed by atoms with Gasteiger partial charge in [-0.2, -0.15) is 0 Å². The Labute approximate surface area is 184 Å². The van der Waals surface area contributed by atoms with Crippen LogP contribution in [-0.4, -0.2) is 42.4 Å². The van der Waals surface area contributed by atoms with Crippen LogP contribution >= 0.6 is 11.8 Å². The smallest absolute Gasteiger partial charge is 0.258 e. The number of anilines is 1. The number of likely N-dealkylation sites (N-methyl/N-ethyl adjacent to an activating group) is 1. The summed E-state index contributed by atoms with van der Waals surface area (Å²) in [4.78, 5) is 29.6. The van der Waals surface area contributed by atoms with Crippen LogP contribution in [0.1, 0.15) is 50.2 Å². The first-order chi connectivity index (χ1) is 14.3. The molecular weight excluding hydrogens is 394 g/mol. The van der Waals surface area contributed by atoms with Crippen LogP contribution in [0.4, 0.5) is 5.69 Å². The van der Waals surface area contributed by atoms with Crippen LogP contribution in [0.15, 0.2) is 41.2 Å². The lowest BCUT2D eigenvalue weighted by Gasteiger charge is -2.36. The molecule has 0 spiro atoms. The fraction of sp³-hybridized carbons (Fsp3) is 0.500. The van der Waals surface area contributed by atoms with Crippen molar-refractivity contribution in [2.75, 3.05) is 25.5 Å². The van der Waals surface area contributed by atoms with Crippen molar-refractivity contribution in [3.63, 3.8) is 0 Å². The Morgan fingerprint density at radius 2 is 1.73 bits per heavy atom. The van der Waals surface area contributed by atoms with Crippen molar-refractivity contribution in [3.8, 4) is 0 Å². The predicted octanol–water partition coefficient (Wildman–Crippen LogP) is 4.26. The molecule has 2 N–H and O–H groups in total. The van der Waals surface area contributed by atoms with Gasteiger partial charge >= 0.3 is 0 Å². The van der Waals surface area contributed by atoms with E-state index in [1.807, 2.05) is 13.0 Å². The molecule has 2 aliphatic rings. The molecule has 3 rings (SSSR count). The largest absolute Gasteiger partial charge is 0.337 e. The maximum atomic E-state index is 13.4. The molecule has 1 aromatic carbocycles. The third kappa shape index (κ3) is 5.55. The predicted molar refractivity (Wildman–Crippen MR) is 125 cm³/mol. The SMILES string of the molecule is C=C(C)SC(=C)C(=O)NC1(C(=O)Nc2ccc3c(c2)CCN(C)CC3)CCCCC1. The van der Waals surface area contributed by atoms with Gasteiger partial charge in [-0.15, -0.1) is 0 Å². The zero-order valence-electron chi connectivity index (χ0n) is 18.2. The summed E-state index contributed by atoms with van der Waals surface area (Å²) in [5, 5.41) is 6.11. The van der Waals surface area contributed by atoms with Crippen molar-refractivity contribution < 1.29 is 9.59 Å². The molecule has 1 fully saturated rings. The molecule has 5 nitrogen and oxygen atoms in total. The lowest BCUT2D eigenvalue weighted by Crippen LogP contribution is -2.58. The van der Waals surface area contributed by atoms with Gasteiger partial charge < -0.3 is 15.5 Å². The number of benzene rings is 1. The minimum atomic E-state index is -0.888. The summed E-state index contributed by atoms with van der Waals surface area (Å²) in [7, 11) is 2.14. The first-order valence-electron chi connectivity index (χ1n) is 10.8. The van der Waals surface area contributed by atoms with Crippen molar-refractivity contribution in [2.24, 2.45) is 0 Å². The summed E-state index contributed by atoms with van der Waals surface area (Å²) in [6, 6.07) is 6.21. The molecule has 1 aliphatic heterocycles. The maximum absolute atomic E-state index is 13.4. The molecule has 0 saturated heterocycles. The van der Waals surface area contributed by atoms with Crippen LogP contribution in [0, 0.1) is 0 Å². The van der Waals surface area contributed by atoms with Crippen LogP contribution in [0.2, 0.25) is 0 Å². The van der Waals surface area contributed by atoms with Crippen molar-refractivity contribution in [1.29, 1.82) is 0 Å². The number of carbonyl (C=O) groups excluding carboxylic acids is 2. The summed E-state index contributed by atoms with van der Waals surface area (Å²) >= 11 is 1.25. The van der Waals surface area contributed by atoms with Gasteiger partial charge in [-0.25, -0.2) is 0 Å².